The number of cyclic esters (lactones) is 1. The first-order valence-corrected chi connectivity index (χ1v) is 17.6. The number of ether oxygens (including phenoxy) is 2. The number of unbranched alkanes of at least 4 members (excludes halogenated alkanes) is 13. The SMILES string of the molecule is CCCCCCCCCCCCCC[C@H](O)[C@H]1CC[C@@H]([C@H](O)CC[C@H](O)CCCCC[C@@H](O)CC2=C[C@H](C)OC2=O)O1. The Morgan fingerprint density at radius 1 is 0.667 bits per heavy atom. The van der Waals surface area contributed by atoms with Crippen LogP contribution in [0.4, 0.5) is 0 Å². The van der Waals surface area contributed by atoms with Gasteiger partial charge in [-0.2, -0.15) is 0 Å². The second-order valence-corrected chi connectivity index (χ2v) is 13.1. The van der Waals surface area contributed by atoms with Crippen molar-refractivity contribution in [2.24, 2.45) is 0 Å². The normalized spacial score (nSPS) is 23.5. The zero-order valence-electron chi connectivity index (χ0n) is 26.9. The monoisotopic (exact) mass is 596 g/mol. The third-order valence-corrected chi connectivity index (χ3v) is 9.11. The van der Waals surface area contributed by atoms with Gasteiger partial charge in [-0.3, -0.25) is 0 Å². The van der Waals surface area contributed by atoms with Crippen molar-refractivity contribution in [1.82, 2.24) is 0 Å². The standard InChI is InChI=1S/C35H64O7/c1-3-4-5-6-7-8-9-10-11-12-13-17-20-31(38)33-23-24-34(42-33)32(39)22-21-29(36)18-15-14-16-19-30(37)26-28-25-27(2)41-35(28)40/h25,27,29-34,36-39H,3-24,26H2,1-2H3/t27-,29+,30+,31-,32+,33+,34-/m0/s1. The first-order chi connectivity index (χ1) is 20.3. The Labute approximate surface area is 256 Å². The Kier molecular flexibility index (Phi) is 19.9. The Balaban J connectivity index is 1.43. The van der Waals surface area contributed by atoms with Crippen molar-refractivity contribution in [3.63, 3.8) is 0 Å². The fourth-order valence-corrected chi connectivity index (χ4v) is 6.40. The molecule has 2 rings (SSSR count). The molecule has 0 aromatic rings. The molecule has 7 atom stereocenters. The number of hydrogen-bond acceptors (Lipinski definition) is 7. The van der Waals surface area contributed by atoms with Crippen LogP contribution in [0.2, 0.25) is 0 Å². The van der Waals surface area contributed by atoms with Crippen LogP contribution in [0.5, 0.6) is 0 Å². The maximum absolute atomic E-state index is 11.7. The summed E-state index contributed by atoms with van der Waals surface area (Å²) in [7, 11) is 0. The highest BCUT2D eigenvalue weighted by molar-refractivity contribution is 5.90. The summed E-state index contributed by atoms with van der Waals surface area (Å²) < 4.78 is 11.1. The highest BCUT2D eigenvalue weighted by atomic mass is 16.5. The van der Waals surface area contributed by atoms with Crippen LogP contribution in [0.3, 0.4) is 0 Å². The summed E-state index contributed by atoms with van der Waals surface area (Å²) in [5.74, 6) is -0.323. The molecule has 42 heavy (non-hydrogen) atoms. The summed E-state index contributed by atoms with van der Waals surface area (Å²) in [6, 6.07) is 0. The van der Waals surface area contributed by atoms with Crippen LogP contribution >= 0.6 is 0 Å². The predicted octanol–water partition coefficient (Wildman–Crippen LogP) is 7.06. The molecular formula is C35H64O7. The van der Waals surface area contributed by atoms with E-state index in [-0.39, 0.29) is 24.3 Å². The highest BCUT2D eigenvalue weighted by Crippen LogP contribution is 2.28. The summed E-state index contributed by atoms with van der Waals surface area (Å²) in [4.78, 5) is 11.7. The number of carbonyl (C=O) groups is 1. The molecular weight excluding hydrogens is 532 g/mol. The third kappa shape index (κ3) is 16.2. The number of esters is 1. The molecule has 4 N–H and O–H groups in total. The van der Waals surface area contributed by atoms with E-state index < -0.39 is 24.4 Å². The number of carbonyl (C=O) groups excluding carboxylic acids is 1. The summed E-state index contributed by atoms with van der Waals surface area (Å²) in [5.41, 5.74) is 0.565. The highest BCUT2D eigenvalue weighted by Gasteiger charge is 2.34. The Hall–Kier alpha value is -0.990. The van der Waals surface area contributed by atoms with Crippen LogP contribution in [0.25, 0.3) is 0 Å². The molecule has 0 aliphatic carbocycles. The van der Waals surface area contributed by atoms with E-state index in [2.05, 4.69) is 6.92 Å². The van der Waals surface area contributed by atoms with Crippen LogP contribution in [-0.2, 0) is 14.3 Å². The molecule has 0 saturated carbocycles. The predicted molar refractivity (Wildman–Crippen MR) is 168 cm³/mol. The van der Waals surface area contributed by atoms with E-state index in [1.54, 1.807) is 6.08 Å². The van der Waals surface area contributed by atoms with Gasteiger partial charge in [0, 0.05) is 12.0 Å². The van der Waals surface area contributed by atoms with Crippen molar-refractivity contribution in [1.29, 1.82) is 0 Å². The molecule has 2 aliphatic rings. The van der Waals surface area contributed by atoms with Gasteiger partial charge in [-0.15, -0.1) is 0 Å². The zero-order chi connectivity index (χ0) is 30.6. The molecule has 0 spiro atoms. The second-order valence-electron chi connectivity index (χ2n) is 13.1. The average molecular weight is 597 g/mol. The number of aliphatic hydroxyl groups excluding tert-OH is 4. The van der Waals surface area contributed by atoms with Gasteiger partial charge in [-0.05, 0) is 57.9 Å². The van der Waals surface area contributed by atoms with E-state index in [1.165, 1.54) is 70.6 Å². The molecule has 2 heterocycles. The van der Waals surface area contributed by atoms with Crippen LogP contribution in [0.1, 0.15) is 162 Å². The topological polar surface area (TPSA) is 116 Å². The first kappa shape index (κ1) is 37.2. The number of aliphatic hydroxyl groups is 4. The summed E-state index contributed by atoms with van der Waals surface area (Å²) >= 11 is 0. The Morgan fingerprint density at radius 2 is 1.14 bits per heavy atom. The van der Waals surface area contributed by atoms with Gasteiger partial charge < -0.3 is 29.9 Å². The van der Waals surface area contributed by atoms with Gasteiger partial charge in [-0.1, -0.05) is 103 Å². The van der Waals surface area contributed by atoms with Gasteiger partial charge in [0.25, 0.3) is 0 Å². The largest absolute Gasteiger partial charge is 0.455 e. The molecule has 246 valence electrons. The van der Waals surface area contributed by atoms with Gasteiger partial charge in [0.1, 0.15) is 6.10 Å². The lowest BCUT2D eigenvalue weighted by Crippen LogP contribution is -2.31. The molecule has 1 fully saturated rings. The molecule has 0 bridgehead atoms. The molecule has 7 heteroatoms. The second kappa shape index (κ2) is 22.5. The smallest absolute Gasteiger partial charge is 0.334 e. The van der Waals surface area contributed by atoms with Gasteiger partial charge in [0.2, 0.25) is 0 Å². The van der Waals surface area contributed by atoms with Crippen LogP contribution in [0.15, 0.2) is 11.6 Å². The minimum Gasteiger partial charge on any atom is -0.455 e. The summed E-state index contributed by atoms with van der Waals surface area (Å²) in [5, 5.41) is 41.8. The van der Waals surface area contributed by atoms with Crippen molar-refractivity contribution < 1.29 is 34.7 Å². The molecule has 1 saturated heterocycles. The van der Waals surface area contributed by atoms with Crippen LogP contribution in [-0.4, -0.2) is 69.1 Å². The van der Waals surface area contributed by atoms with Crippen molar-refractivity contribution in [2.45, 2.75) is 204 Å². The van der Waals surface area contributed by atoms with Crippen LogP contribution < -0.4 is 0 Å². The third-order valence-electron chi connectivity index (χ3n) is 9.11. The van der Waals surface area contributed by atoms with E-state index >= 15 is 0 Å². The van der Waals surface area contributed by atoms with E-state index in [9.17, 15) is 25.2 Å². The van der Waals surface area contributed by atoms with Gasteiger partial charge >= 0.3 is 5.97 Å². The minimum absolute atomic E-state index is 0.184. The molecule has 0 unspecified atom stereocenters. The van der Waals surface area contributed by atoms with Gasteiger partial charge in [-0.25, -0.2) is 4.79 Å². The lowest BCUT2D eigenvalue weighted by atomic mass is 9.98. The molecule has 0 amide bonds. The Morgan fingerprint density at radius 3 is 1.69 bits per heavy atom. The molecule has 0 radical (unpaired) electrons. The lowest BCUT2D eigenvalue weighted by molar-refractivity contribution is -0.139. The minimum atomic E-state index is -0.613. The van der Waals surface area contributed by atoms with E-state index in [0.717, 1.165) is 44.9 Å². The molecule has 7 nitrogen and oxygen atoms in total. The van der Waals surface area contributed by atoms with Crippen molar-refractivity contribution >= 4 is 5.97 Å². The first-order valence-electron chi connectivity index (χ1n) is 17.6. The van der Waals surface area contributed by atoms with E-state index in [1.807, 2.05) is 6.92 Å². The number of hydrogen-bond donors (Lipinski definition) is 4. The fourth-order valence-electron chi connectivity index (χ4n) is 6.40. The summed E-state index contributed by atoms with van der Waals surface area (Å²) in [6.45, 7) is 4.07. The van der Waals surface area contributed by atoms with Crippen LogP contribution in [0, 0.1) is 0 Å². The molecule has 2 aliphatic heterocycles. The van der Waals surface area contributed by atoms with Crippen molar-refractivity contribution in [2.75, 3.05) is 0 Å². The fraction of sp³-hybridized carbons (Fsp3) is 0.914. The lowest BCUT2D eigenvalue weighted by Gasteiger charge is -2.23. The number of rotatable bonds is 26. The van der Waals surface area contributed by atoms with E-state index in [4.69, 9.17) is 9.47 Å². The summed E-state index contributed by atoms with van der Waals surface area (Å²) in [6.07, 6.45) is 22.3. The quantitative estimate of drug-likeness (QED) is 0.0624. The van der Waals surface area contributed by atoms with Crippen molar-refractivity contribution in [3.8, 4) is 0 Å². The maximum Gasteiger partial charge on any atom is 0.334 e. The van der Waals surface area contributed by atoms with Gasteiger partial charge in [0.05, 0.1) is 36.6 Å². The van der Waals surface area contributed by atoms with Crippen molar-refractivity contribution in [3.05, 3.63) is 11.6 Å². The zero-order valence-corrected chi connectivity index (χ0v) is 26.9. The van der Waals surface area contributed by atoms with E-state index in [0.29, 0.717) is 37.7 Å². The Bertz CT molecular complexity index is 726. The maximum atomic E-state index is 11.7. The molecule has 0 aromatic carbocycles. The van der Waals surface area contributed by atoms with Gasteiger partial charge in [0.15, 0.2) is 0 Å². The average Bonchev–Trinajstić information content (AvgIpc) is 3.58. The molecule has 0 aromatic heterocycles.